The third kappa shape index (κ3) is 4.28. The number of ether oxygens (including phenoxy) is 2. The molecule has 49 heavy (non-hydrogen) atoms. The number of fused-ring (bicyclic) bond motifs is 7. The number of hydrogen-bond acceptors (Lipinski definition) is 2. The van der Waals surface area contributed by atoms with Crippen molar-refractivity contribution in [1.82, 2.24) is 0 Å². The number of rotatable bonds is 2. The number of hydrogen-bond donors (Lipinski definition) is 0. The Balaban J connectivity index is 1.24. The van der Waals surface area contributed by atoms with Crippen LogP contribution in [0.15, 0.2) is 146 Å². The maximum absolute atomic E-state index is 6.92. The fraction of sp³-hybridized carbons (Fsp3) is 0.0870. The third-order valence-electron chi connectivity index (χ3n) is 10.5. The first-order chi connectivity index (χ1) is 23.9. The van der Waals surface area contributed by atoms with Crippen molar-refractivity contribution >= 4 is 55.4 Å². The van der Waals surface area contributed by atoms with Gasteiger partial charge in [0.15, 0.2) is 0 Å². The summed E-state index contributed by atoms with van der Waals surface area (Å²) >= 11 is 0. The van der Waals surface area contributed by atoms with E-state index in [1.165, 1.54) is 65.5 Å². The van der Waals surface area contributed by atoms with Crippen molar-refractivity contribution in [3.05, 3.63) is 151 Å². The van der Waals surface area contributed by atoms with Gasteiger partial charge in [-0.2, -0.15) is 0 Å². The fourth-order valence-electron chi connectivity index (χ4n) is 8.15. The lowest BCUT2D eigenvalue weighted by atomic mass is 9.34. The predicted octanol–water partition coefficient (Wildman–Crippen LogP) is 10.5. The minimum absolute atomic E-state index is 0.00385. The van der Waals surface area contributed by atoms with Crippen molar-refractivity contribution in [3.8, 4) is 45.3 Å². The van der Waals surface area contributed by atoms with Gasteiger partial charge in [-0.3, -0.25) is 0 Å². The molecule has 10 rings (SSSR count). The van der Waals surface area contributed by atoms with Crippen molar-refractivity contribution < 1.29 is 9.47 Å². The van der Waals surface area contributed by atoms with Crippen molar-refractivity contribution in [2.75, 3.05) is 0 Å². The summed E-state index contributed by atoms with van der Waals surface area (Å²) in [5, 5.41) is 7.35. The van der Waals surface area contributed by atoms with E-state index in [4.69, 9.17) is 9.47 Å². The van der Waals surface area contributed by atoms with Crippen LogP contribution in [0, 0.1) is 0 Å². The molecule has 0 saturated carbocycles. The van der Waals surface area contributed by atoms with E-state index in [2.05, 4.69) is 166 Å². The van der Waals surface area contributed by atoms with Crippen LogP contribution in [0.2, 0.25) is 0 Å². The van der Waals surface area contributed by atoms with E-state index in [9.17, 15) is 0 Å². The summed E-state index contributed by atoms with van der Waals surface area (Å²) < 4.78 is 13.7. The standard InChI is InChI=1S/C46H33BO2/c1-46(2,3)32-22-23-38-40(27-32)49-42-26-31(25-41-45(42)47(38)37-18-10-11-19-39(37)48-41)44-35-16-8-6-14-33(35)43(34-15-7-9-17-36(34)44)30-21-20-28-12-4-5-13-29(28)24-30/h4-27H,1-3H3. The summed E-state index contributed by atoms with van der Waals surface area (Å²) in [5.74, 6) is 3.54. The van der Waals surface area contributed by atoms with Gasteiger partial charge in [0.05, 0.1) is 0 Å². The molecular weight excluding hydrogens is 595 g/mol. The monoisotopic (exact) mass is 628 g/mol. The molecule has 0 atom stereocenters. The van der Waals surface area contributed by atoms with Crippen LogP contribution in [0.3, 0.4) is 0 Å². The van der Waals surface area contributed by atoms with Crippen LogP contribution in [-0.2, 0) is 5.41 Å². The third-order valence-corrected chi connectivity index (χ3v) is 10.5. The minimum atomic E-state index is 0.00385. The Morgan fingerprint density at radius 3 is 1.65 bits per heavy atom. The molecule has 2 nitrogen and oxygen atoms in total. The normalized spacial score (nSPS) is 13.1. The highest BCUT2D eigenvalue weighted by atomic mass is 16.5. The van der Waals surface area contributed by atoms with Gasteiger partial charge in [-0.05, 0) is 107 Å². The lowest BCUT2D eigenvalue weighted by Gasteiger charge is -2.34. The first-order valence-electron chi connectivity index (χ1n) is 17.1. The Hall–Kier alpha value is -5.80. The summed E-state index contributed by atoms with van der Waals surface area (Å²) in [4.78, 5) is 0. The average molecular weight is 629 g/mol. The first-order valence-corrected chi connectivity index (χ1v) is 17.1. The van der Waals surface area contributed by atoms with Gasteiger partial charge in [-0.25, -0.2) is 0 Å². The van der Waals surface area contributed by atoms with E-state index in [1.54, 1.807) is 0 Å². The molecule has 2 heterocycles. The molecule has 3 heteroatoms. The predicted molar refractivity (Wildman–Crippen MR) is 206 cm³/mol. The van der Waals surface area contributed by atoms with Gasteiger partial charge >= 0.3 is 0 Å². The van der Waals surface area contributed by atoms with Crippen LogP contribution in [0.5, 0.6) is 23.0 Å². The minimum Gasteiger partial charge on any atom is -0.458 e. The van der Waals surface area contributed by atoms with Gasteiger partial charge in [-0.15, -0.1) is 0 Å². The molecule has 8 aromatic rings. The maximum Gasteiger partial charge on any atom is 0.260 e. The molecule has 0 aromatic heterocycles. The summed E-state index contributed by atoms with van der Waals surface area (Å²) in [6.07, 6.45) is 0. The molecule has 0 saturated heterocycles. The molecule has 2 aliphatic heterocycles. The van der Waals surface area contributed by atoms with Crippen molar-refractivity contribution in [2.24, 2.45) is 0 Å². The highest BCUT2D eigenvalue weighted by Gasteiger charge is 2.41. The van der Waals surface area contributed by atoms with Gasteiger partial charge in [0.25, 0.3) is 6.71 Å². The summed E-state index contributed by atoms with van der Waals surface area (Å²) in [6, 6.07) is 52.8. The van der Waals surface area contributed by atoms with Crippen LogP contribution < -0.4 is 25.9 Å². The Kier molecular flexibility index (Phi) is 5.96. The van der Waals surface area contributed by atoms with Crippen LogP contribution >= 0.6 is 0 Å². The lowest BCUT2D eigenvalue weighted by molar-refractivity contribution is 0.463. The van der Waals surface area contributed by atoms with E-state index in [1.807, 2.05) is 0 Å². The maximum atomic E-state index is 6.92. The molecular formula is C46H33BO2. The summed E-state index contributed by atoms with van der Waals surface area (Å²) in [5.41, 5.74) is 9.46. The first kappa shape index (κ1) is 28.2. The van der Waals surface area contributed by atoms with Gasteiger partial charge < -0.3 is 9.47 Å². The zero-order valence-corrected chi connectivity index (χ0v) is 27.8. The Bertz CT molecular complexity index is 2610. The quantitative estimate of drug-likeness (QED) is 0.140. The molecule has 0 amide bonds. The van der Waals surface area contributed by atoms with Crippen LogP contribution in [0.1, 0.15) is 26.3 Å². The smallest absolute Gasteiger partial charge is 0.260 e. The van der Waals surface area contributed by atoms with Crippen LogP contribution in [-0.4, -0.2) is 6.71 Å². The molecule has 0 fully saturated rings. The highest BCUT2D eigenvalue weighted by Crippen LogP contribution is 2.47. The Morgan fingerprint density at radius 2 is 0.980 bits per heavy atom. The number of benzene rings is 8. The van der Waals surface area contributed by atoms with Crippen molar-refractivity contribution in [2.45, 2.75) is 26.2 Å². The lowest BCUT2D eigenvalue weighted by Crippen LogP contribution is -2.57. The molecule has 0 N–H and O–H groups in total. The Morgan fingerprint density at radius 1 is 0.429 bits per heavy atom. The molecule has 0 aliphatic carbocycles. The second kappa shape index (κ2) is 10.4. The van der Waals surface area contributed by atoms with E-state index in [0.717, 1.165) is 34.0 Å². The van der Waals surface area contributed by atoms with Gasteiger partial charge in [0, 0.05) is 5.46 Å². The van der Waals surface area contributed by atoms with E-state index in [0.29, 0.717) is 0 Å². The van der Waals surface area contributed by atoms with Gasteiger partial charge in [-0.1, -0.05) is 136 Å². The SMILES string of the molecule is CC(C)(C)c1ccc2c(c1)Oc1cc(-c3c4ccccc4c(-c4ccc5ccccc5c4)c4ccccc34)cc3c1B2c1ccccc1O3. The second-order valence-electron chi connectivity index (χ2n) is 14.5. The van der Waals surface area contributed by atoms with Gasteiger partial charge in [0.2, 0.25) is 0 Å². The van der Waals surface area contributed by atoms with Crippen LogP contribution in [0.25, 0.3) is 54.6 Å². The van der Waals surface area contributed by atoms with Crippen molar-refractivity contribution in [3.63, 3.8) is 0 Å². The molecule has 232 valence electrons. The number of para-hydroxylation sites is 1. The zero-order valence-electron chi connectivity index (χ0n) is 27.8. The Labute approximate surface area is 286 Å². The van der Waals surface area contributed by atoms with E-state index < -0.39 is 0 Å². The summed E-state index contributed by atoms with van der Waals surface area (Å²) in [6.45, 7) is 6.79. The van der Waals surface area contributed by atoms with Crippen LogP contribution in [0.4, 0.5) is 0 Å². The van der Waals surface area contributed by atoms with Gasteiger partial charge in [0.1, 0.15) is 23.0 Å². The van der Waals surface area contributed by atoms with E-state index in [-0.39, 0.29) is 12.1 Å². The largest absolute Gasteiger partial charge is 0.458 e. The molecule has 2 aliphatic rings. The molecule has 8 aromatic carbocycles. The molecule has 0 unspecified atom stereocenters. The zero-order chi connectivity index (χ0) is 32.9. The average Bonchev–Trinajstić information content (AvgIpc) is 3.12. The van der Waals surface area contributed by atoms with Crippen molar-refractivity contribution in [1.29, 1.82) is 0 Å². The summed E-state index contributed by atoms with van der Waals surface area (Å²) in [7, 11) is 0. The molecule has 0 bridgehead atoms. The highest BCUT2D eigenvalue weighted by molar-refractivity contribution is 6.98. The topological polar surface area (TPSA) is 18.5 Å². The molecule has 0 radical (unpaired) electrons. The second-order valence-corrected chi connectivity index (χ2v) is 14.5. The van der Waals surface area contributed by atoms with E-state index >= 15 is 0 Å². The fourth-order valence-corrected chi connectivity index (χ4v) is 8.15. The molecule has 0 spiro atoms.